The van der Waals surface area contributed by atoms with Crippen molar-refractivity contribution in [3.63, 3.8) is 0 Å². The van der Waals surface area contributed by atoms with Gasteiger partial charge in [-0.15, -0.1) is 0 Å². The van der Waals surface area contributed by atoms with E-state index in [1.807, 2.05) is 18.2 Å². The van der Waals surface area contributed by atoms with Crippen LogP contribution in [0.5, 0.6) is 0 Å². The second-order valence-electron chi connectivity index (χ2n) is 7.64. The Morgan fingerprint density at radius 1 is 1.07 bits per heavy atom. The summed E-state index contributed by atoms with van der Waals surface area (Å²) in [5, 5.41) is 0.496. The molecule has 0 N–H and O–H groups in total. The predicted molar refractivity (Wildman–Crippen MR) is 116 cm³/mol. The van der Waals surface area contributed by atoms with Crippen LogP contribution >= 0.6 is 11.6 Å². The van der Waals surface area contributed by atoms with Crippen LogP contribution in [0.4, 0.5) is 0 Å². The van der Waals surface area contributed by atoms with Crippen LogP contribution in [0.25, 0.3) is 0 Å². The van der Waals surface area contributed by atoms with Gasteiger partial charge >= 0.3 is 0 Å². The van der Waals surface area contributed by atoms with Gasteiger partial charge in [0.15, 0.2) is 0 Å². The van der Waals surface area contributed by atoms with Crippen molar-refractivity contribution in [2.24, 2.45) is 5.92 Å². The van der Waals surface area contributed by atoms with Gasteiger partial charge in [-0.25, -0.2) is 8.42 Å². The number of carbonyl (C=O) groups is 1. The molecule has 3 rings (SSSR count). The number of piperidine rings is 1. The highest BCUT2D eigenvalue weighted by Crippen LogP contribution is 2.23. The van der Waals surface area contributed by atoms with Crippen LogP contribution in [-0.4, -0.2) is 49.4 Å². The Balaban J connectivity index is 1.57. The van der Waals surface area contributed by atoms with Gasteiger partial charge in [0.1, 0.15) is 0 Å². The summed E-state index contributed by atoms with van der Waals surface area (Å²) >= 11 is 6.17. The zero-order valence-electron chi connectivity index (χ0n) is 16.6. The number of nitrogens with zero attached hydrogens (tertiary/aromatic N) is 2. The molecule has 1 saturated heterocycles. The van der Waals surface area contributed by atoms with E-state index in [4.69, 9.17) is 11.6 Å². The molecule has 156 valence electrons. The van der Waals surface area contributed by atoms with Crippen LogP contribution in [0.15, 0.2) is 54.6 Å². The monoisotopic (exact) mass is 434 g/mol. The van der Waals surface area contributed by atoms with Gasteiger partial charge in [-0.2, -0.15) is 4.31 Å². The van der Waals surface area contributed by atoms with Gasteiger partial charge in [0.05, 0.1) is 12.8 Å². The molecule has 1 amide bonds. The highest BCUT2D eigenvalue weighted by Gasteiger charge is 2.27. The van der Waals surface area contributed by atoms with Gasteiger partial charge in [-0.3, -0.25) is 4.79 Å². The van der Waals surface area contributed by atoms with E-state index in [1.54, 1.807) is 29.2 Å². The van der Waals surface area contributed by atoms with Crippen LogP contribution in [-0.2, 0) is 27.8 Å². The molecule has 2 aromatic rings. The van der Waals surface area contributed by atoms with Crippen molar-refractivity contribution in [3.8, 4) is 0 Å². The maximum atomic E-state index is 12.8. The molecule has 0 unspecified atom stereocenters. The molecule has 1 aliphatic rings. The summed E-state index contributed by atoms with van der Waals surface area (Å²) in [6.45, 7) is 1.27. The minimum Gasteiger partial charge on any atom is -0.342 e. The smallest absolute Gasteiger partial charge is 0.237 e. The van der Waals surface area contributed by atoms with Crippen molar-refractivity contribution in [3.05, 3.63) is 70.7 Å². The second kappa shape index (κ2) is 9.74. The Bertz CT molecular complexity index is 926. The molecule has 1 aliphatic heterocycles. The number of likely N-dealkylation sites (tertiary alicyclic amines) is 1. The summed E-state index contributed by atoms with van der Waals surface area (Å²) in [4.78, 5) is 14.6. The zero-order chi connectivity index (χ0) is 20.9. The third-order valence-electron chi connectivity index (χ3n) is 5.42. The number of carbonyl (C=O) groups excluding carboxylic acids is 1. The Morgan fingerprint density at radius 3 is 2.31 bits per heavy atom. The number of rotatable bonds is 7. The lowest BCUT2D eigenvalue weighted by Gasteiger charge is -2.33. The SMILES string of the molecule is CS(=O)(=O)N(CC(=O)N1CCC(Cc2ccccc2)CC1)Cc1ccccc1Cl. The Morgan fingerprint density at radius 2 is 1.69 bits per heavy atom. The first-order valence-corrected chi connectivity index (χ1v) is 12.1. The summed E-state index contributed by atoms with van der Waals surface area (Å²) in [5.41, 5.74) is 2.01. The lowest BCUT2D eigenvalue weighted by atomic mass is 9.90. The largest absolute Gasteiger partial charge is 0.342 e. The minimum absolute atomic E-state index is 0.0920. The summed E-state index contributed by atoms with van der Waals surface area (Å²) in [6, 6.07) is 17.5. The molecule has 0 atom stereocenters. The third kappa shape index (κ3) is 6.29. The first-order chi connectivity index (χ1) is 13.8. The predicted octanol–water partition coefficient (Wildman–Crippen LogP) is 3.58. The first kappa shape index (κ1) is 21.8. The van der Waals surface area contributed by atoms with Gasteiger partial charge in [-0.1, -0.05) is 60.1 Å². The van der Waals surface area contributed by atoms with Crippen LogP contribution in [0, 0.1) is 5.92 Å². The first-order valence-electron chi connectivity index (χ1n) is 9.83. The van der Waals surface area contributed by atoms with E-state index >= 15 is 0 Å². The van der Waals surface area contributed by atoms with Gasteiger partial charge < -0.3 is 4.90 Å². The van der Waals surface area contributed by atoms with Crippen LogP contribution in [0.3, 0.4) is 0 Å². The molecule has 0 bridgehead atoms. The molecule has 0 radical (unpaired) electrons. The van der Waals surface area contributed by atoms with Crippen LogP contribution < -0.4 is 0 Å². The molecule has 1 fully saturated rings. The zero-order valence-corrected chi connectivity index (χ0v) is 18.2. The van der Waals surface area contributed by atoms with Crippen molar-refractivity contribution in [2.45, 2.75) is 25.8 Å². The molecule has 0 spiro atoms. The molecule has 1 heterocycles. The molecule has 0 aromatic heterocycles. The van der Waals surface area contributed by atoms with Gasteiger partial charge in [-0.05, 0) is 42.4 Å². The molecular formula is C22H27ClN2O3S. The molecular weight excluding hydrogens is 408 g/mol. The fourth-order valence-corrected chi connectivity index (χ4v) is 4.61. The maximum Gasteiger partial charge on any atom is 0.237 e. The van der Waals surface area contributed by atoms with E-state index in [2.05, 4.69) is 12.1 Å². The molecule has 0 aliphatic carbocycles. The number of hydrogen-bond acceptors (Lipinski definition) is 3. The fourth-order valence-electron chi connectivity index (χ4n) is 3.69. The van der Waals surface area contributed by atoms with Crippen molar-refractivity contribution in [2.75, 3.05) is 25.9 Å². The summed E-state index contributed by atoms with van der Waals surface area (Å²) in [7, 11) is -3.54. The molecule has 29 heavy (non-hydrogen) atoms. The molecule has 2 aromatic carbocycles. The average Bonchev–Trinajstić information content (AvgIpc) is 2.69. The lowest BCUT2D eigenvalue weighted by molar-refractivity contribution is -0.132. The van der Waals surface area contributed by atoms with Crippen LogP contribution in [0.2, 0.25) is 5.02 Å². The van der Waals surface area contributed by atoms with E-state index in [0.717, 1.165) is 25.5 Å². The molecule has 7 heteroatoms. The van der Waals surface area contributed by atoms with E-state index in [-0.39, 0.29) is 19.0 Å². The normalized spacial score (nSPS) is 15.6. The van der Waals surface area contributed by atoms with Crippen molar-refractivity contribution < 1.29 is 13.2 Å². The Hall–Kier alpha value is -1.89. The number of benzene rings is 2. The topological polar surface area (TPSA) is 57.7 Å². The van der Waals surface area contributed by atoms with Crippen molar-refractivity contribution in [1.82, 2.24) is 9.21 Å². The fraction of sp³-hybridized carbons (Fsp3) is 0.409. The van der Waals surface area contributed by atoms with Gasteiger partial charge in [0.25, 0.3) is 0 Å². The van der Waals surface area contributed by atoms with Crippen molar-refractivity contribution in [1.29, 1.82) is 0 Å². The minimum atomic E-state index is -3.54. The maximum absolute atomic E-state index is 12.8. The van der Waals surface area contributed by atoms with E-state index < -0.39 is 10.0 Å². The summed E-state index contributed by atoms with van der Waals surface area (Å²) in [6.07, 6.45) is 4.02. The standard InChI is InChI=1S/C22H27ClN2O3S/c1-29(27,28)25(16-20-9-5-6-10-21(20)23)17-22(26)24-13-11-19(12-14-24)15-18-7-3-2-4-8-18/h2-10,19H,11-17H2,1H3. The van der Waals surface area contributed by atoms with E-state index in [0.29, 0.717) is 29.6 Å². The van der Waals surface area contributed by atoms with Gasteiger partial charge in [0, 0.05) is 24.7 Å². The van der Waals surface area contributed by atoms with Crippen molar-refractivity contribution >= 4 is 27.5 Å². The highest BCUT2D eigenvalue weighted by molar-refractivity contribution is 7.88. The highest BCUT2D eigenvalue weighted by atomic mass is 35.5. The quantitative estimate of drug-likeness (QED) is 0.669. The summed E-state index contributed by atoms with van der Waals surface area (Å²) < 4.78 is 25.7. The summed E-state index contributed by atoms with van der Waals surface area (Å²) in [5.74, 6) is 0.399. The number of halogens is 1. The molecule has 5 nitrogen and oxygen atoms in total. The number of sulfonamides is 1. The number of amides is 1. The van der Waals surface area contributed by atoms with E-state index in [1.165, 1.54) is 9.87 Å². The number of hydrogen-bond donors (Lipinski definition) is 0. The Kier molecular flexibility index (Phi) is 7.33. The molecule has 0 saturated carbocycles. The van der Waals surface area contributed by atoms with Crippen LogP contribution in [0.1, 0.15) is 24.0 Å². The Labute approximate surface area is 178 Å². The third-order valence-corrected chi connectivity index (χ3v) is 6.98. The lowest BCUT2D eigenvalue weighted by Crippen LogP contribution is -2.45. The van der Waals surface area contributed by atoms with E-state index in [9.17, 15) is 13.2 Å². The van der Waals surface area contributed by atoms with Gasteiger partial charge in [0.2, 0.25) is 15.9 Å². The second-order valence-corrected chi connectivity index (χ2v) is 10.0. The average molecular weight is 435 g/mol.